The molecule has 20 heavy (non-hydrogen) atoms. The molecule has 1 N–H and O–H groups in total. The lowest BCUT2D eigenvalue weighted by molar-refractivity contribution is 0.101. The lowest BCUT2D eigenvalue weighted by Crippen LogP contribution is -2.30. The standard InChI is InChI=1S/C14H14N2O4/c1-10(17)11-4-2-3-5-12(11)20-9-8-16-14(19)7-6-13(18)15-16/h2-7H,8-9H2,1H3,(H,15,18). The highest BCUT2D eigenvalue weighted by atomic mass is 16.5. The molecule has 1 aromatic heterocycles. The fraction of sp³-hybridized carbons (Fsp3) is 0.214. The third-order valence-corrected chi connectivity index (χ3v) is 2.73. The Morgan fingerprint density at radius 1 is 1.20 bits per heavy atom. The number of hydrogen-bond donors (Lipinski definition) is 1. The fourth-order valence-electron chi connectivity index (χ4n) is 1.76. The van der Waals surface area contributed by atoms with Gasteiger partial charge in [0.25, 0.3) is 11.1 Å². The molecule has 0 atom stereocenters. The Kier molecular flexibility index (Phi) is 4.14. The Labute approximate surface area is 114 Å². The number of ether oxygens (including phenoxy) is 1. The van der Waals surface area contributed by atoms with Crippen LogP contribution >= 0.6 is 0 Å². The number of rotatable bonds is 5. The summed E-state index contributed by atoms with van der Waals surface area (Å²) < 4.78 is 6.66. The van der Waals surface area contributed by atoms with Crippen LogP contribution in [0.2, 0.25) is 0 Å². The van der Waals surface area contributed by atoms with Crippen molar-refractivity contribution in [2.24, 2.45) is 0 Å². The molecule has 0 amide bonds. The lowest BCUT2D eigenvalue weighted by atomic mass is 10.1. The van der Waals surface area contributed by atoms with Gasteiger partial charge in [-0.05, 0) is 19.1 Å². The minimum Gasteiger partial charge on any atom is -0.491 e. The minimum atomic E-state index is -0.353. The van der Waals surface area contributed by atoms with Crippen LogP contribution < -0.4 is 15.9 Å². The molecule has 0 aliphatic rings. The molecule has 0 aliphatic heterocycles. The molecular weight excluding hydrogens is 260 g/mol. The summed E-state index contributed by atoms with van der Waals surface area (Å²) in [7, 11) is 0. The third kappa shape index (κ3) is 3.23. The number of para-hydroxylation sites is 1. The van der Waals surface area contributed by atoms with Gasteiger partial charge in [0.2, 0.25) is 0 Å². The van der Waals surface area contributed by atoms with E-state index in [0.717, 1.165) is 0 Å². The van der Waals surface area contributed by atoms with Crippen LogP contribution in [0, 0.1) is 0 Å². The highest BCUT2D eigenvalue weighted by Gasteiger charge is 2.07. The predicted octanol–water partition coefficient (Wildman–Crippen LogP) is 0.818. The smallest absolute Gasteiger partial charge is 0.265 e. The second-order valence-electron chi connectivity index (χ2n) is 4.20. The first-order valence-electron chi connectivity index (χ1n) is 6.11. The molecule has 104 valence electrons. The number of nitrogens with zero attached hydrogens (tertiary/aromatic N) is 1. The van der Waals surface area contributed by atoms with E-state index in [1.807, 2.05) is 0 Å². The van der Waals surface area contributed by atoms with Crippen LogP contribution in [0.4, 0.5) is 0 Å². The quantitative estimate of drug-likeness (QED) is 0.818. The molecular formula is C14H14N2O4. The number of hydrogen-bond acceptors (Lipinski definition) is 4. The van der Waals surface area contributed by atoms with E-state index >= 15 is 0 Å². The van der Waals surface area contributed by atoms with E-state index in [1.165, 1.54) is 23.7 Å². The number of carbonyl (C=O) groups is 1. The first kappa shape index (κ1) is 13.8. The second-order valence-corrected chi connectivity index (χ2v) is 4.20. The Balaban J connectivity index is 2.07. The zero-order valence-electron chi connectivity index (χ0n) is 11.0. The van der Waals surface area contributed by atoms with E-state index in [9.17, 15) is 14.4 Å². The van der Waals surface area contributed by atoms with E-state index in [1.54, 1.807) is 24.3 Å². The molecule has 1 heterocycles. The van der Waals surface area contributed by atoms with Gasteiger partial charge in [0.05, 0.1) is 12.1 Å². The van der Waals surface area contributed by atoms with Gasteiger partial charge < -0.3 is 4.74 Å². The van der Waals surface area contributed by atoms with Crippen molar-refractivity contribution in [3.8, 4) is 5.75 Å². The molecule has 6 nitrogen and oxygen atoms in total. The Hall–Kier alpha value is -2.63. The molecule has 0 aliphatic carbocycles. The van der Waals surface area contributed by atoms with E-state index < -0.39 is 0 Å². The molecule has 2 rings (SSSR count). The highest BCUT2D eigenvalue weighted by molar-refractivity contribution is 5.96. The van der Waals surface area contributed by atoms with Crippen molar-refractivity contribution in [3.05, 3.63) is 62.7 Å². The van der Waals surface area contributed by atoms with Crippen LogP contribution in [0.25, 0.3) is 0 Å². The number of aromatic nitrogens is 2. The van der Waals surface area contributed by atoms with Crippen LogP contribution in [0.5, 0.6) is 5.75 Å². The van der Waals surface area contributed by atoms with Crippen LogP contribution in [-0.2, 0) is 6.54 Å². The minimum absolute atomic E-state index is 0.0918. The number of H-pyrrole nitrogens is 1. The van der Waals surface area contributed by atoms with E-state index in [4.69, 9.17) is 4.74 Å². The van der Waals surface area contributed by atoms with Gasteiger partial charge in [0.15, 0.2) is 5.78 Å². The molecule has 0 unspecified atom stereocenters. The van der Waals surface area contributed by atoms with Gasteiger partial charge in [-0.2, -0.15) is 0 Å². The van der Waals surface area contributed by atoms with Crippen LogP contribution in [0.15, 0.2) is 46.0 Å². The van der Waals surface area contributed by atoms with Crippen LogP contribution in [-0.4, -0.2) is 22.2 Å². The SMILES string of the molecule is CC(=O)c1ccccc1OCCn1[nH]c(=O)ccc1=O. The molecule has 2 aromatic rings. The van der Waals surface area contributed by atoms with Crippen molar-refractivity contribution >= 4 is 5.78 Å². The summed E-state index contributed by atoms with van der Waals surface area (Å²) >= 11 is 0. The fourth-order valence-corrected chi connectivity index (χ4v) is 1.76. The van der Waals surface area contributed by atoms with Gasteiger partial charge in [-0.25, -0.2) is 4.68 Å². The Bertz CT molecular complexity index is 730. The Morgan fingerprint density at radius 3 is 2.70 bits per heavy atom. The predicted molar refractivity (Wildman–Crippen MR) is 73.3 cm³/mol. The number of aromatic amines is 1. The van der Waals surface area contributed by atoms with Crippen molar-refractivity contribution in [2.45, 2.75) is 13.5 Å². The lowest BCUT2D eigenvalue weighted by Gasteiger charge is -2.10. The summed E-state index contributed by atoms with van der Waals surface area (Å²) in [6, 6.07) is 9.25. The van der Waals surface area contributed by atoms with Gasteiger partial charge >= 0.3 is 0 Å². The summed E-state index contributed by atoms with van der Waals surface area (Å²) in [4.78, 5) is 34.0. The number of Topliss-reactive ketones (excluding diaryl/α,β-unsaturated/α-hetero) is 1. The first-order valence-corrected chi connectivity index (χ1v) is 6.11. The number of carbonyl (C=O) groups excluding carboxylic acids is 1. The van der Waals surface area contributed by atoms with E-state index in [2.05, 4.69) is 5.10 Å². The maximum absolute atomic E-state index is 11.5. The van der Waals surface area contributed by atoms with Crippen molar-refractivity contribution < 1.29 is 9.53 Å². The monoisotopic (exact) mass is 274 g/mol. The number of ketones is 1. The molecule has 0 spiro atoms. The largest absolute Gasteiger partial charge is 0.491 e. The zero-order chi connectivity index (χ0) is 14.5. The molecule has 6 heteroatoms. The van der Waals surface area contributed by atoms with Crippen LogP contribution in [0.3, 0.4) is 0 Å². The van der Waals surface area contributed by atoms with Crippen molar-refractivity contribution in [1.82, 2.24) is 9.78 Å². The van der Waals surface area contributed by atoms with Crippen LogP contribution in [0.1, 0.15) is 17.3 Å². The molecule has 0 fully saturated rings. The molecule has 0 radical (unpaired) electrons. The van der Waals surface area contributed by atoms with Gasteiger partial charge in [-0.1, -0.05) is 12.1 Å². The number of nitrogens with one attached hydrogen (secondary N) is 1. The highest BCUT2D eigenvalue weighted by Crippen LogP contribution is 2.18. The summed E-state index contributed by atoms with van der Waals surface area (Å²) in [5.41, 5.74) is -0.178. The normalized spacial score (nSPS) is 10.2. The summed E-state index contributed by atoms with van der Waals surface area (Å²) in [5.74, 6) is 0.372. The van der Waals surface area contributed by atoms with Crippen molar-refractivity contribution in [1.29, 1.82) is 0 Å². The van der Waals surface area contributed by atoms with E-state index in [0.29, 0.717) is 11.3 Å². The van der Waals surface area contributed by atoms with Gasteiger partial charge in [0.1, 0.15) is 12.4 Å². The Morgan fingerprint density at radius 2 is 1.95 bits per heavy atom. The maximum Gasteiger partial charge on any atom is 0.265 e. The third-order valence-electron chi connectivity index (χ3n) is 2.73. The molecule has 0 bridgehead atoms. The molecule has 0 saturated heterocycles. The molecule has 1 aromatic carbocycles. The zero-order valence-corrected chi connectivity index (χ0v) is 11.0. The summed E-state index contributed by atoms with van der Waals surface area (Å²) in [6.45, 7) is 1.83. The second kappa shape index (κ2) is 6.01. The van der Waals surface area contributed by atoms with Gasteiger partial charge in [-0.15, -0.1) is 0 Å². The van der Waals surface area contributed by atoms with Gasteiger partial charge in [-0.3, -0.25) is 19.5 Å². The summed E-state index contributed by atoms with van der Waals surface area (Å²) in [6.07, 6.45) is 0. The van der Waals surface area contributed by atoms with Gasteiger partial charge in [0, 0.05) is 12.1 Å². The average Bonchev–Trinajstić information content (AvgIpc) is 2.43. The van der Waals surface area contributed by atoms with E-state index in [-0.39, 0.29) is 30.1 Å². The van der Waals surface area contributed by atoms with Crippen molar-refractivity contribution in [2.75, 3.05) is 6.61 Å². The summed E-state index contributed by atoms with van der Waals surface area (Å²) in [5, 5.41) is 2.40. The maximum atomic E-state index is 11.5. The number of benzene rings is 1. The van der Waals surface area contributed by atoms with Crippen molar-refractivity contribution in [3.63, 3.8) is 0 Å². The molecule has 0 saturated carbocycles. The topological polar surface area (TPSA) is 81.2 Å². The first-order chi connectivity index (χ1) is 9.58. The average molecular weight is 274 g/mol.